The molecule has 1 unspecified atom stereocenters. The predicted octanol–water partition coefficient (Wildman–Crippen LogP) is 2.84. The summed E-state index contributed by atoms with van der Waals surface area (Å²) in [6.07, 6.45) is 0.839. The summed E-state index contributed by atoms with van der Waals surface area (Å²) in [5, 5.41) is 10.0. The van der Waals surface area contributed by atoms with Crippen molar-refractivity contribution in [2.45, 2.75) is 32.8 Å². The van der Waals surface area contributed by atoms with Gasteiger partial charge in [0.2, 0.25) is 0 Å². The minimum atomic E-state index is -0.503. The van der Waals surface area contributed by atoms with Crippen LogP contribution in [0.15, 0.2) is 18.2 Å². The Morgan fingerprint density at radius 3 is 2.81 bits per heavy atom. The average molecular weight is 218 g/mol. The Balaban J connectivity index is 2.80. The Hall–Kier alpha value is -1.46. The number of aryl methyl sites for hydroxylation is 1. The van der Waals surface area contributed by atoms with E-state index < -0.39 is 6.10 Å². The molecule has 0 aliphatic heterocycles. The van der Waals surface area contributed by atoms with Gasteiger partial charge in [0.25, 0.3) is 0 Å². The maximum Gasteiger partial charge on any atom is 0.124 e. The fraction of sp³-hybridized carbons (Fsp3) is 0.429. The Kier molecular flexibility index (Phi) is 4.88. The molecule has 0 fully saturated rings. The number of methoxy groups -OCH3 is 1. The van der Waals surface area contributed by atoms with Crippen molar-refractivity contribution in [2.24, 2.45) is 0 Å². The van der Waals surface area contributed by atoms with E-state index in [0.29, 0.717) is 12.8 Å². The fourth-order valence-electron chi connectivity index (χ4n) is 1.58. The zero-order valence-corrected chi connectivity index (χ0v) is 10.1. The largest absolute Gasteiger partial charge is 0.496 e. The third kappa shape index (κ3) is 3.29. The first-order chi connectivity index (χ1) is 7.69. The molecular formula is C14H18O2. The van der Waals surface area contributed by atoms with Gasteiger partial charge in [0.15, 0.2) is 0 Å². The standard InChI is InChI=1S/C14H18O2/c1-4-5-6-7-13(15)12-9-8-11(2)10-14(12)16-3/h8-10,13,15H,6-7H2,1-3H3. The van der Waals surface area contributed by atoms with Crippen LogP contribution >= 0.6 is 0 Å². The SMILES string of the molecule is CC#CCCC(O)c1ccc(C)cc1OC. The lowest BCUT2D eigenvalue weighted by molar-refractivity contribution is 0.165. The second-order valence-corrected chi connectivity index (χ2v) is 3.73. The molecule has 0 aromatic heterocycles. The zero-order valence-electron chi connectivity index (χ0n) is 10.1. The van der Waals surface area contributed by atoms with Crippen LogP contribution in [0.5, 0.6) is 5.75 Å². The van der Waals surface area contributed by atoms with Gasteiger partial charge >= 0.3 is 0 Å². The van der Waals surface area contributed by atoms with E-state index in [1.165, 1.54) is 0 Å². The first-order valence-electron chi connectivity index (χ1n) is 5.41. The summed E-state index contributed by atoms with van der Waals surface area (Å²) in [6.45, 7) is 3.81. The van der Waals surface area contributed by atoms with Gasteiger partial charge in [-0.05, 0) is 31.9 Å². The van der Waals surface area contributed by atoms with Gasteiger partial charge in [-0.2, -0.15) is 0 Å². The van der Waals surface area contributed by atoms with Crippen molar-refractivity contribution in [3.8, 4) is 17.6 Å². The highest BCUT2D eigenvalue weighted by molar-refractivity contribution is 5.38. The summed E-state index contributed by atoms with van der Waals surface area (Å²) >= 11 is 0. The molecule has 0 heterocycles. The number of benzene rings is 1. The predicted molar refractivity (Wildman–Crippen MR) is 65.4 cm³/mol. The van der Waals surface area contributed by atoms with E-state index in [-0.39, 0.29) is 0 Å². The van der Waals surface area contributed by atoms with Crippen molar-refractivity contribution in [1.29, 1.82) is 0 Å². The van der Waals surface area contributed by atoms with Gasteiger partial charge in [-0.25, -0.2) is 0 Å². The van der Waals surface area contributed by atoms with E-state index >= 15 is 0 Å². The van der Waals surface area contributed by atoms with Crippen LogP contribution < -0.4 is 4.74 Å². The van der Waals surface area contributed by atoms with Crippen LogP contribution in [-0.2, 0) is 0 Å². The highest BCUT2D eigenvalue weighted by atomic mass is 16.5. The molecule has 0 radical (unpaired) electrons. The fourth-order valence-corrected chi connectivity index (χ4v) is 1.58. The number of hydrogen-bond donors (Lipinski definition) is 1. The van der Waals surface area contributed by atoms with Crippen LogP contribution in [0.25, 0.3) is 0 Å². The van der Waals surface area contributed by atoms with Gasteiger partial charge in [0.05, 0.1) is 13.2 Å². The molecule has 0 spiro atoms. The maximum atomic E-state index is 10.0. The molecule has 1 aromatic carbocycles. The average Bonchev–Trinajstić information content (AvgIpc) is 2.29. The molecule has 0 amide bonds. The van der Waals surface area contributed by atoms with Gasteiger partial charge in [0.1, 0.15) is 5.75 Å². The van der Waals surface area contributed by atoms with Crippen LogP contribution in [0.3, 0.4) is 0 Å². The normalized spacial score (nSPS) is 11.5. The van der Waals surface area contributed by atoms with Crippen molar-refractivity contribution < 1.29 is 9.84 Å². The lowest BCUT2D eigenvalue weighted by atomic mass is 10.0. The van der Waals surface area contributed by atoms with Gasteiger partial charge in [-0.3, -0.25) is 0 Å². The van der Waals surface area contributed by atoms with E-state index in [1.54, 1.807) is 14.0 Å². The van der Waals surface area contributed by atoms with Crippen molar-refractivity contribution in [2.75, 3.05) is 7.11 Å². The van der Waals surface area contributed by atoms with E-state index in [9.17, 15) is 5.11 Å². The zero-order chi connectivity index (χ0) is 12.0. The minimum Gasteiger partial charge on any atom is -0.496 e. The monoisotopic (exact) mass is 218 g/mol. The van der Waals surface area contributed by atoms with E-state index in [4.69, 9.17) is 4.74 Å². The van der Waals surface area contributed by atoms with Gasteiger partial charge < -0.3 is 9.84 Å². The van der Waals surface area contributed by atoms with Gasteiger partial charge in [0, 0.05) is 12.0 Å². The van der Waals surface area contributed by atoms with Gasteiger partial charge in [-0.1, -0.05) is 12.1 Å². The molecule has 0 bridgehead atoms. The van der Waals surface area contributed by atoms with Crippen LogP contribution in [-0.4, -0.2) is 12.2 Å². The second kappa shape index (κ2) is 6.19. The maximum absolute atomic E-state index is 10.0. The number of ether oxygens (including phenoxy) is 1. The van der Waals surface area contributed by atoms with Crippen molar-refractivity contribution in [1.82, 2.24) is 0 Å². The quantitative estimate of drug-likeness (QED) is 0.787. The van der Waals surface area contributed by atoms with Crippen LogP contribution in [0.4, 0.5) is 0 Å². The molecule has 0 aliphatic rings. The lowest BCUT2D eigenvalue weighted by Gasteiger charge is -2.14. The van der Waals surface area contributed by atoms with Gasteiger partial charge in [-0.15, -0.1) is 11.8 Å². The number of aliphatic hydroxyl groups is 1. The molecule has 1 atom stereocenters. The molecule has 2 heteroatoms. The molecular weight excluding hydrogens is 200 g/mol. The number of hydrogen-bond acceptors (Lipinski definition) is 2. The molecule has 1 aromatic rings. The van der Waals surface area contributed by atoms with Crippen LogP contribution in [0, 0.1) is 18.8 Å². The number of aliphatic hydroxyl groups excluding tert-OH is 1. The molecule has 86 valence electrons. The van der Waals surface area contributed by atoms with Crippen LogP contribution in [0.2, 0.25) is 0 Å². The summed E-state index contributed by atoms with van der Waals surface area (Å²) in [7, 11) is 1.62. The van der Waals surface area contributed by atoms with E-state index in [1.807, 2.05) is 25.1 Å². The third-order valence-electron chi connectivity index (χ3n) is 2.47. The summed E-state index contributed by atoms with van der Waals surface area (Å²) in [4.78, 5) is 0. The smallest absolute Gasteiger partial charge is 0.124 e. The summed E-state index contributed by atoms with van der Waals surface area (Å²) in [5.41, 5.74) is 1.96. The Morgan fingerprint density at radius 2 is 2.19 bits per heavy atom. The Labute approximate surface area is 97.3 Å². The molecule has 0 saturated carbocycles. The second-order valence-electron chi connectivity index (χ2n) is 3.73. The first kappa shape index (κ1) is 12.6. The highest BCUT2D eigenvalue weighted by Crippen LogP contribution is 2.28. The molecule has 0 aliphatic carbocycles. The lowest BCUT2D eigenvalue weighted by Crippen LogP contribution is -2.00. The van der Waals surface area contributed by atoms with E-state index in [0.717, 1.165) is 16.9 Å². The van der Waals surface area contributed by atoms with E-state index in [2.05, 4.69) is 11.8 Å². The van der Waals surface area contributed by atoms with Crippen molar-refractivity contribution >= 4 is 0 Å². The highest BCUT2D eigenvalue weighted by Gasteiger charge is 2.12. The number of rotatable bonds is 4. The summed E-state index contributed by atoms with van der Waals surface area (Å²) in [5.74, 6) is 6.51. The topological polar surface area (TPSA) is 29.5 Å². The molecule has 1 N–H and O–H groups in total. The first-order valence-corrected chi connectivity index (χ1v) is 5.41. The third-order valence-corrected chi connectivity index (χ3v) is 2.47. The molecule has 16 heavy (non-hydrogen) atoms. The van der Waals surface area contributed by atoms with Crippen molar-refractivity contribution in [3.63, 3.8) is 0 Å². The van der Waals surface area contributed by atoms with Crippen molar-refractivity contribution in [3.05, 3.63) is 29.3 Å². The molecule has 2 nitrogen and oxygen atoms in total. The summed E-state index contributed by atoms with van der Waals surface area (Å²) < 4.78 is 5.26. The Bertz CT molecular complexity index is 399. The minimum absolute atomic E-state index is 0.503. The molecule has 0 saturated heterocycles. The Morgan fingerprint density at radius 1 is 1.44 bits per heavy atom. The molecule has 1 rings (SSSR count). The summed E-state index contributed by atoms with van der Waals surface area (Å²) in [6, 6.07) is 5.83. The van der Waals surface area contributed by atoms with Crippen LogP contribution in [0.1, 0.15) is 37.0 Å².